The second kappa shape index (κ2) is 30.8. The molecular formula is C53H67N13O14S2. The molecule has 0 saturated carbocycles. The summed E-state index contributed by atoms with van der Waals surface area (Å²) in [6.07, 6.45) is 0.854. The summed E-state index contributed by atoms with van der Waals surface area (Å²) in [4.78, 5) is 153. The van der Waals surface area contributed by atoms with Crippen LogP contribution in [0.4, 0.5) is 0 Å². The first-order chi connectivity index (χ1) is 39.0. The molecule has 9 atom stereocenters. The van der Waals surface area contributed by atoms with Crippen molar-refractivity contribution in [2.75, 3.05) is 18.1 Å². The number of phenolic OH excluding ortho intramolecular Hbond substituents is 1. The van der Waals surface area contributed by atoms with Gasteiger partial charge >= 0.3 is 5.97 Å². The number of carboxylic acids is 1. The first kappa shape index (κ1) is 64.2. The summed E-state index contributed by atoms with van der Waals surface area (Å²) in [5.41, 5.74) is 19.2. The van der Waals surface area contributed by atoms with Gasteiger partial charge in [0.05, 0.1) is 12.6 Å². The number of phenols is 1. The van der Waals surface area contributed by atoms with Gasteiger partial charge in [0.2, 0.25) is 59.1 Å². The van der Waals surface area contributed by atoms with Crippen LogP contribution in [-0.4, -0.2) is 163 Å². The number of benzene rings is 3. The number of carbonyl (C=O) groups is 11. The number of carbonyl (C=O) groups excluding carboxylic acids is 10. The lowest BCUT2D eigenvalue weighted by molar-refractivity contribution is -0.141. The number of fused-ring (bicyclic) bond motifs is 2. The highest BCUT2D eigenvalue weighted by Crippen LogP contribution is 2.22. The molecule has 82 heavy (non-hydrogen) atoms. The molecular weight excluding hydrogens is 1110 g/mol. The number of nitrogens with two attached hydrogens (primary N) is 3. The SMILES string of the molecule is C[C@H](NC(=O)[C@H](CCC(N)=O)NC(=O)[C@H](CO)NC(=O)[C@@H](N)CS)C(=O)N[C@@H](Cc1c[nH]c2ccccc12)C(=O)N[C@@H](Cc1c[nH]c2ccccc12)C(=O)N[C@@H](Cc1ccc(O)cc1)C(=O)N[C@@H](CCC(N)=O)C(=O)N[C@@H](CS)C(=O)O. The maximum atomic E-state index is 15.0. The van der Waals surface area contributed by atoms with E-state index in [1.165, 1.54) is 31.2 Å². The summed E-state index contributed by atoms with van der Waals surface area (Å²) in [7, 11) is 0. The molecule has 0 aliphatic heterocycles. The van der Waals surface area contributed by atoms with Crippen LogP contribution in [0.3, 0.4) is 0 Å². The lowest BCUT2D eigenvalue weighted by atomic mass is 10.00. The summed E-state index contributed by atoms with van der Waals surface area (Å²) in [5.74, 6) is -11.4. The number of hydrogen-bond acceptors (Lipinski definition) is 16. The highest BCUT2D eigenvalue weighted by Gasteiger charge is 2.35. The fourth-order valence-corrected chi connectivity index (χ4v) is 8.84. The maximum Gasteiger partial charge on any atom is 0.327 e. The smallest absolute Gasteiger partial charge is 0.327 e. The van der Waals surface area contributed by atoms with E-state index in [1.807, 2.05) is 0 Å². The molecule has 5 rings (SSSR count). The zero-order chi connectivity index (χ0) is 60.2. The Balaban J connectivity index is 1.48. The summed E-state index contributed by atoms with van der Waals surface area (Å²) in [6.45, 7) is 0.338. The number of aromatic amines is 2. The van der Waals surface area contributed by atoms with Crippen LogP contribution in [-0.2, 0) is 72.0 Å². The number of amides is 10. The van der Waals surface area contributed by atoms with Crippen LogP contribution >= 0.6 is 25.3 Å². The Morgan fingerprint density at radius 2 is 0.890 bits per heavy atom. The molecule has 0 aliphatic carbocycles. The molecule has 0 radical (unpaired) electrons. The number of aliphatic carboxylic acids is 1. The highest BCUT2D eigenvalue weighted by molar-refractivity contribution is 7.80. The molecule has 19 N–H and O–H groups in total. The van der Waals surface area contributed by atoms with E-state index in [1.54, 1.807) is 60.9 Å². The van der Waals surface area contributed by atoms with Crippen molar-refractivity contribution in [3.05, 3.63) is 102 Å². The van der Waals surface area contributed by atoms with Gasteiger partial charge in [0.1, 0.15) is 54.1 Å². The van der Waals surface area contributed by atoms with Crippen molar-refractivity contribution in [1.29, 1.82) is 0 Å². The van der Waals surface area contributed by atoms with Gasteiger partial charge in [-0.3, -0.25) is 47.9 Å². The van der Waals surface area contributed by atoms with Crippen LogP contribution in [0.15, 0.2) is 85.2 Å². The van der Waals surface area contributed by atoms with Crippen LogP contribution in [0.1, 0.15) is 49.3 Å². The van der Waals surface area contributed by atoms with Crippen LogP contribution in [0.2, 0.25) is 0 Å². The van der Waals surface area contributed by atoms with Crippen molar-refractivity contribution in [3.8, 4) is 5.75 Å². The molecule has 440 valence electrons. The molecule has 2 heterocycles. The van der Waals surface area contributed by atoms with Gasteiger partial charge in [-0.25, -0.2) is 4.79 Å². The van der Waals surface area contributed by atoms with E-state index in [4.69, 9.17) is 17.2 Å². The quantitative estimate of drug-likeness (QED) is 0.0192. The average molecular weight is 1170 g/mol. The molecule has 2 aromatic heterocycles. The van der Waals surface area contributed by atoms with Crippen LogP contribution < -0.4 is 59.7 Å². The fraction of sp³-hybridized carbons (Fsp3) is 0.377. The number of nitrogens with one attached hydrogen (secondary N) is 10. The zero-order valence-corrected chi connectivity index (χ0v) is 46.1. The van der Waals surface area contributed by atoms with E-state index in [9.17, 15) is 68.1 Å². The summed E-state index contributed by atoms with van der Waals surface area (Å²) >= 11 is 7.93. The minimum absolute atomic E-state index is 0.102. The van der Waals surface area contributed by atoms with Crippen molar-refractivity contribution in [2.24, 2.45) is 17.2 Å². The van der Waals surface area contributed by atoms with Gasteiger partial charge in [0, 0.05) is 77.8 Å². The average Bonchev–Trinajstić information content (AvgIpc) is 4.15. The molecule has 5 aromatic rings. The Labute approximate surface area is 480 Å². The number of rotatable bonds is 32. The van der Waals surface area contributed by atoms with Gasteiger partial charge in [-0.05, 0) is 60.7 Å². The van der Waals surface area contributed by atoms with Crippen molar-refractivity contribution < 1.29 is 68.1 Å². The van der Waals surface area contributed by atoms with E-state index in [0.717, 1.165) is 0 Å². The second-order valence-electron chi connectivity index (χ2n) is 19.2. The molecule has 0 aliphatic rings. The number of aliphatic hydroxyl groups excluding tert-OH is 1. The first-order valence-corrected chi connectivity index (χ1v) is 27.0. The highest BCUT2D eigenvalue weighted by atomic mass is 32.1. The number of aliphatic hydroxyl groups is 1. The fourth-order valence-electron chi connectivity index (χ4n) is 8.43. The van der Waals surface area contributed by atoms with E-state index in [2.05, 4.69) is 77.8 Å². The molecule has 0 saturated heterocycles. The summed E-state index contributed by atoms with van der Waals surface area (Å²) in [6, 6.07) is 6.20. The minimum Gasteiger partial charge on any atom is -0.508 e. The van der Waals surface area contributed by atoms with Crippen molar-refractivity contribution >= 4 is 112 Å². The number of aromatic nitrogens is 2. The molecule has 10 amide bonds. The Morgan fingerprint density at radius 3 is 1.33 bits per heavy atom. The first-order valence-electron chi connectivity index (χ1n) is 25.7. The number of para-hydroxylation sites is 2. The number of aromatic hydroxyl groups is 1. The van der Waals surface area contributed by atoms with Gasteiger partial charge in [-0.15, -0.1) is 0 Å². The maximum absolute atomic E-state index is 15.0. The number of H-pyrrole nitrogens is 2. The minimum atomic E-state index is -1.60. The van der Waals surface area contributed by atoms with E-state index in [0.29, 0.717) is 38.5 Å². The van der Waals surface area contributed by atoms with E-state index in [-0.39, 0.29) is 49.4 Å². The lowest BCUT2D eigenvalue weighted by Gasteiger charge is -2.27. The third-order valence-electron chi connectivity index (χ3n) is 13.0. The largest absolute Gasteiger partial charge is 0.508 e. The number of hydrogen-bond donors (Lipinski definition) is 18. The normalized spacial score (nSPS) is 14.5. The monoisotopic (exact) mass is 1170 g/mol. The third-order valence-corrected chi connectivity index (χ3v) is 13.8. The summed E-state index contributed by atoms with van der Waals surface area (Å²) in [5, 5.41) is 50.7. The standard InChI is InChI=1S/C53H67N13O14S2/c1-26(59-47(73)36(14-16-43(55)69)61-52(78)41(23-67)65-46(72)33(54)24-81)45(71)62-39(19-28-21-57-34-8-4-2-6-31(28)34)50(76)64-40(20-29-22-58-35-9-5-3-7-32(29)35)51(77)63-38(18-27-10-12-30(68)13-11-27)49(75)60-37(15-17-44(56)70)48(74)66-42(25-82)53(79)80/h2-13,21-22,26,33,36-42,57-58,67-68,81-82H,14-20,23-25,54H2,1H3,(H2,55,69)(H2,56,70)(H,59,73)(H,60,75)(H,61,78)(H,62,71)(H,63,77)(H,64,76)(H,65,72)(H,66,74)(H,79,80)/t26-,33-,36-,37-,38-,39-,40-,41-,42-/m0/s1. The van der Waals surface area contributed by atoms with Crippen LogP contribution in [0.5, 0.6) is 5.75 Å². The van der Waals surface area contributed by atoms with Gasteiger partial charge in [0.25, 0.3) is 0 Å². The Bertz CT molecular complexity index is 3120. The topological polar surface area (TPSA) is 454 Å². The molecule has 0 bridgehead atoms. The molecule has 0 unspecified atom stereocenters. The van der Waals surface area contributed by atoms with Gasteiger partial charge in [0.15, 0.2) is 0 Å². The molecule has 29 heteroatoms. The van der Waals surface area contributed by atoms with Gasteiger partial charge in [-0.1, -0.05) is 48.5 Å². The molecule has 3 aromatic carbocycles. The van der Waals surface area contributed by atoms with Crippen LogP contribution in [0.25, 0.3) is 21.8 Å². The third kappa shape index (κ3) is 18.7. The number of thiol groups is 2. The number of primary amides is 2. The molecule has 0 spiro atoms. The van der Waals surface area contributed by atoms with E-state index < -0.39 is 139 Å². The van der Waals surface area contributed by atoms with Crippen molar-refractivity contribution in [3.63, 3.8) is 0 Å². The van der Waals surface area contributed by atoms with Gasteiger partial charge < -0.3 is 85.0 Å². The van der Waals surface area contributed by atoms with E-state index >= 15 is 0 Å². The predicted octanol–water partition coefficient (Wildman–Crippen LogP) is -2.92. The summed E-state index contributed by atoms with van der Waals surface area (Å²) < 4.78 is 0. The predicted molar refractivity (Wildman–Crippen MR) is 304 cm³/mol. The Hall–Kier alpha value is -8.67. The second-order valence-corrected chi connectivity index (χ2v) is 19.9. The number of carboxylic acid groups (broad SMARTS) is 1. The van der Waals surface area contributed by atoms with Crippen molar-refractivity contribution in [2.45, 2.75) is 106 Å². The Kier molecular flexibility index (Phi) is 24.1. The molecule has 27 nitrogen and oxygen atoms in total. The molecule has 0 fully saturated rings. The Morgan fingerprint density at radius 1 is 0.500 bits per heavy atom. The zero-order valence-electron chi connectivity index (χ0n) is 44.3. The van der Waals surface area contributed by atoms with Crippen molar-refractivity contribution in [1.82, 2.24) is 52.5 Å². The van der Waals surface area contributed by atoms with Gasteiger partial charge in [-0.2, -0.15) is 25.3 Å². The van der Waals surface area contributed by atoms with Crippen LogP contribution in [0, 0.1) is 0 Å². The lowest BCUT2D eigenvalue weighted by Crippen LogP contribution is -2.61.